The minimum Gasteiger partial charge on any atom is -0.353 e. The number of amides is 1. The molecule has 23 heavy (non-hydrogen) atoms. The van der Waals surface area contributed by atoms with E-state index in [-0.39, 0.29) is 18.0 Å². The van der Waals surface area contributed by atoms with Crippen molar-refractivity contribution in [3.8, 4) is 0 Å². The van der Waals surface area contributed by atoms with Gasteiger partial charge in [0.1, 0.15) is 6.33 Å². The Bertz CT molecular complexity index is 609. The fraction of sp³-hybridized carbons (Fsp3) is 0.533. The van der Waals surface area contributed by atoms with E-state index in [1.807, 2.05) is 24.7 Å². The number of rotatable bonds is 8. The fourth-order valence-electron chi connectivity index (χ4n) is 2.10. The zero-order valence-corrected chi connectivity index (χ0v) is 15.5. The summed E-state index contributed by atoms with van der Waals surface area (Å²) in [5.41, 5.74) is 0. The maximum atomic E-state index is 12.1. The third-order valence-electron chi connectivity index (χ3n) is 3.42. The lowest BCUT2D eigenvalue weighted by atomic mass is 10.2. The van der Waals surface area contributed by atoms with Crippen LogP contribution in [0.15, 0.2) is 29.0 Å². The first kappa shape index (κ1) is 18.0. The van der Waals surface area contributed by atoms with Crippen LogP contribution in [0.1, 0.15) is 30.8 Å². The Morgan fingerprint density at radius 3 is 2.87 bits per heavy atom. The van der Waals surface area contributed by atoms with Gasteiger partial charge < -0.3 is 14.8 Å². The summed E-state index contributed by atoms with van der Waals surface area (Å²) in [5, 5.41) is 13.8. The van der Waals surface area contributed by atoms with Crippen LogP contribution in [0.25, 0.3) is 0 Å². The molecule has 6 nitrogen and oxygen atoms in total. The van der Waals surface area contributed by atoms with Crippen molar-refractivity contribution in [3.63, 3.8) is 0 Å². The first-order valence-electron chi connectivity index (χ1n) is 7.48. The maximum absolute atomic E-state index is 12.1. The molecule has 1 N–H and O–H groups in total. The minimum atomic E-state index is 0.0108. The molecule has 0 fully saturated rings. The minimum absolute atomic E-state index is 0.0108. The quantitative estimate of drug-likeness (QED) is 0.739. The lowest BCUT2D eigenvalue weighted by Crippen LogP contribution is -2.35. The third-order valence-corrected chi connectivity index (χ3v) is 5.35. The Morgan fingerprint density at radius 1 is 1.48 bits per heavy atom. The summed E-state index contributed by atoms with van der Waals surface area (Å²) in [7, 11) is 4.05. The Labute approximate surface area is 145 Å². The molecule has 2 aromatic heterocycles. The van der Waals surface area contributed by atoms with Crippen LogP contribution in [0.5, 0.6) is 0 Å². The average molecular weight is 354 g/mol. The van der Waals surface area contributed by atoms with Gasteiger partial charge in [-0.1, -0.05) is 17.8 Å². The molecule has 2 rings (SSSR count). The largest absolute Gasteiger partial charge is 0.353 e. The summed E-state index contributed by atoms with van der Waals surface area (Å²) < 4.78 is 1.96. The maximum Gasteiger partial charge on any atom is 0.230 e. The van der Waals surface area contributed by atoms with E-state index in [0.29, 0.717) is 12.3 Å². The molecule has 0 spiro atoms. The van der Waals surface area contributed by atoms with Gasteiger partial charge in [0, 0.05) is 17.5 Å². The zero-order chi connectivity index (χ0) is 16.8. The highest BCUT2D eigenvalue weighted by molar-refractivity contribution is 7.99. The number of carbonyl (C=O) groups excluding carboxylic acids is 1. The van der Waals surface area contributed by atoms with Crippen molar-refractivity contribution >= 4 is 29.0 Å². The lowest BCUT2D eigenvalue weighted by Gasteiger charge is -2.23. The molecular weight excluding hydrogens is 330 g/mol. The summed E-state index contributed by atoms with van der Waals surface area (Å²) >= 11 is 3.12. The molecule has 0 saturated heterocycles. The van der Waals surface area contributed by atoms with Crippen LogP contribution < -0.4 is 5.32 Å². The molecule has 126 valence electrons. The summed E-state index contributed by atoms with van der Waals surface area (Å²) in [4.78, 5) is 15.5. The molecule has 0 bridgehead atoms. The lowest BCUT2D eigenvalue weighted by molar-refractivity contribution is -0.118. The summed E-state index contributed by atoms with van der Waals surface area (Å²) in [5.74, 6) is 0.354. The van der Waals surface area contributed by atoms with Crippen molar-refractivity contribution < 1.29 is 4.79 Å². The second-order valence-corrected chi connectivity index (χ2v) is 7.62. The van der Waals surface area contributed by atoms with Crippen LogP contribution in [-0.2, 0) is 4.79 Å². The number of thioether (sulfide) groups is 1. The van der Waals surface area contributed by atoms with E-state index < -0.39 is 0 Å². The molecule has 2 aromatic rings. The third kappa shape index (κ3) is 5.05. The van der Waals surface area contributed by atoms with Gasteiger partial charge in [0.2, 0.25) is 5.91 Å². The predicted molar refractivity (Wildman–Crippen MR) is 94.9 cm³/mol. The van der Waals surface area contributed by atoms with E-state index in [9.17, 15) is 4.79 Å². The Morgan fingerprint density at radius 2 is 2.26 bits per heavy atom. The topological polar surface area (TPSA) is 63.1 Å². The van der Waals surface area contributed by atoms with Gasteiger partial charge in [-0.3, -0.25) is 4.79 Å². The number of hydrogen-bond acceptors (Lipinski definition) is 6. The Hall–Kier alpha value is -1.38. The Kier molecular flexibility index (Phi) is 6.61. The molecule has 1 atom stereocenters. The highest BCUT2D eigenvalue weighted by Crippen LogP contribution is 2.22. The number of nitrogens with one attached hydrogen (secondary N) is 1. The SMILES string of the molecule is CC(C)n1cnnc1SCC(=O)NCC(c1cccs1)N(C)C. The monoisotopic (exact) mass is 353 g/mol. The summed E-state index contributed by atoms with van der Waals surface area (Å²) in [6.07, 6.45) is 1.70. The number of aromatic nitrogens is 3. The molecular formula is C15H23N5OS2. The van der Waals surface area contributed by atoms with E-state index in [2.05, 4.69) is 45.7 Å². The number of hydrogen-bond donors (Lipinski definition) is 1. The summed E-state index contributed by atoms with van der Waals surface area (Å²) in [6.45, 7) is 4.73. The van der Waals surface area contributed by atoms with E-state index in [0.717, 1.165) is 5.16 Å². The molecule has 1 amide bonds. The second-order valence-electron chi connectivity index (χ2n) is 5.70. The molecule has 0 saturated carbocycles. The van der Waals surface area contributed by atoms with Gasteiger partial charge in [-0.05, 0) is 39.4 Å². The van der Waals surface area contributed by atoms with Crippen LogP contribution in [0.2, 0.25) is 0 Å². The number of thiophene rings is 1. The van der Waals surface area contributed by atoms with Gasteiger partial charge in [-0.15, -0.1) is 21.5 Å². The van der Waals surface area contributed by atoms with Crippen molar-refractivity contribution in [2.45, 2.75) is 31.1 Å². The number of nitrogens with zero attached hydrogens (tertiary/aromatic N) is 4. The van der Waals surface area contributed by atoms with Crippen molar-refractivity contribution in [2.75, 3.05) is 26.4 Å². The van der Waals surface area contributed by atoms with Crippen LogP contribution in [-0.4, -0.2) is 52.0 Å². The molecule has 8 heteroatoms. The van der Waals surface area contributed by atoms with Crippen molar-refractivity contribution in [1.82, 2.24) is 25.0 Å². The van der Waals surface area contributed by atoms with Crippen molar-refractivity contribution in [2.24, 2.45) is 0 Å². The summed E-state index contributed by atoms with van der Waals surface area (Å²) in [6, 6.07) is 4.62. The van der Waals surface area contributed by atoms with Gasteiger partial charge in [0.25, 0.3) is 0 Å². The average Bonchev–Trinajstić information content (AvgIpc) is 3.16. The smallest absolute Gasteiger partial charge is 0.230 e. The van der Waals surface area contributed by atoms with Crippen LogP contribution in [0.4, 0.5) is 0 Å². The molecule has 1 unspecified atom stereocenters. The molecule has 0 aliphatic heterocycles. The van der Waals surface area contributed by atoms with Crippen molar-refractivity contribution in [3.05, 3.63) is 28.7 Å². The normalized spacial score (nSPS) is 12.8. The van der Waals surface area contributed by atoms with Gasteiger partial charge >= 0.3 is 0 Å². The van der Waals surface area contributed by atoms with Gasteiger partial charge in [-0.2, -0.15) is 0 Å². The highest BCUT2D eigenvalue weighted by Gasteiger charge is 2.17. The molecule has 0 radical (unpaired) electrons. The second kappa shape index (κ2) is 8.47. The van der Waals surface area contributed by atoms with Gasteiger partial charge in [0.15, 0.2) is 5.16 Å². The van der Waals surface area contributed by atoms with Crippen LogP contribution in [0.3, 0.4) is 0 Å². The fourth-order valence-corrected chi connectivity index (χ4v) is 3.90. The molecule has 0 aromatic carbocycles. The van der Waals surface area contributed by atoms with E-state index in [1.165, 1.54) is 16.6 Å². The van der Waals surface area contributed by atoms with Crippen LogP contribution in [0, 0.1) is 0 Å². The van der Waals surface area contributed by atoms with E-state index in [1.54, 1.807) is 17.7 Å². The number of likely N-dealkylation sites (N-methyl/N-ethyl adjacent to an activating group) is 1. The van der Waals surface area contributed by atoms with Crippen LogP contribution >= 0.6 is 23.1 Å². The Balaban J connectivity index is 1.83. The van der Waals surface area contributed by atoms with Gasteiger partial charge in [0.05, 0.1) is 11.8 Å². The first-order chi connectivity index (χ1) is 11.0. The standard InChI is InChI=1S/C15H23N5OS2/c1-11(2)20-10-17-18-15(20)23-9-14(21)16-8-12(19(3)4)13-6-5-7-22-13/h5-7,10-12H,8-9H2,1-4H3,(H,16,21). The highest BCUT2D eigenvalue weighted by atomic mass is 32.2. The molecule has 0 aliphatic carbocycles. The van der Waals surface area contributed by atoms with Gasteiger partial charge in [-0.25, -0.2) is 0 Å². The number of carbonyl (C=O) groups is 1. The first-order valence-corrected chi connectivity index (χ1v) is 9.34. The molecule has 2 heterocycles. The van der Waals surface area contributed by atoms with E-state index in [4.69, 9.17) is 0 Å². The zero-order valence-electron chi connectivity index (χ0n) is 13.9. The molecule has 0 aliphatic rings. The van der Waals surface area contributed by atoms with E-state index >= 15 is 0 Å². The van der Waals surface area contributed by atoms with Crippen molar-refractivity contribution in [1.29, 1.82) is 0 Å². The predicted octanol–water partition coefficient (Wildman–Crippen LogP) is 2.43.